The minimum atomic E-state index is -0.898. The second-order valence-corrected chi connectivity index (χ2v) is 10.4. The number of nitrogen functional groups attached to an aromatic ring is 1. The first-order chi connectivity index (χ1) is 16.0. The monoisotopic (exact) mass is 511 g/mol. The molecule has 12 nitrogen and oxygen atoms in total. The van der Waals surface area contributed by atoms with Gasteiger partial charge in [-0.25, -0.2) is 9.78 Å². The van der Waals surface area contributed by atoms with Crippen LogP contribution in [0.2, 0.25) is 0 Å². The van der Waals surface area contributed by atoms with Crippen LogP contribution in [0.5, 0.6) is 0 Å². The van der Waals surface area contributed by atoms with E-state index < -0.39 is 47.4 Å². The highest BCUT2D eigenvalue weighted by atomic mass is 32.2. The van der Waals surface area contributed by atoms with Crippen molar-refractivity contribution >= 4 is 57.7 Å². The van der Waals surface area contributed by atoms with Gasteiger partial charge in [-0.05, 0) is 33.3 Å². The summed E-state index contributed by atoms with van der Waals surface area (Å²) in [7, 11) is 1.28. The Morgan fingerprint density at radius 2 is 2.03 bits per heavy atom. The predicted octanol–water partition coefficient (Wildman–Crippen LogP) is 0.840. The maximum Gasteiger partial charge on any atom is 0.357 e. The van der Waals surface area contributed by atoms with E-state index in [0.29, 0.717) is 11.3 Å². The lowest BCUT2D eigenvalue weighted by Gasteiger charge is -2.49. The topological polar surface area (TPSA) is 163 Å². The van der Waals surface area contributed by atoms with Crippen LogP contribution in [0.1, 0.15) is 33.4 Å². The molecule has 3 heterocycles. The summed E-state index contributed by atoms with van der Waals surface area (Å²) >= 11 is 2.52. The molecule has 0 aliphatic carbocycles. The number of nitrogens with one attached hydrogen (secondary N) is 1. The van der Waals surface area contributed by atoms with Gasteiger partial charge >= 0.3 is 11.9 Å². The molecule has 1 fully saturated rings. The molecule has 1 saturated heterocycles. The van der Waals surface area contributed by atoms with Crippen molar-refractivity contribution in [3.8, 4) is 0 Å². The number of amides is 2. The smallest absolute Gasteiger partial charge is 0.357 e. The highest BCUT2D eigenvalue weighted by Crippen LogP contribution is 2.40. The third-order valence-electron chi connectivity index (χ3n) is 4.79. The van der Waals surface area contributed by atoms with E-state index in [-0.39, 0.29) is 22.2 Å². The van der Waals surface area contributed by atoms with Gasteiger partial charge in [0.1, 0.15) is 29.9 Å². The van der Waals surface area contributed by atoms with Crippen molar-refractivity contribution in [1.82, 2.24) is 15.2 Å². The number of rotatable bonds is 7. The fraction of sp³-hybridized carbons (Fsp3) is 0.500. The number of thiazole rings is 1. The number of carbonyl (C=O) groups excluding carboxylic acids is 4. The van der Waals surface area contributed by atoms with Crippen LogP contribution in [-0.2, 0) is 33.5 Å². The van der Waals surface area contributed by atoms with E-state index in [4.69, 9.17) is 20.0 Å². The van der Waals surface area contributed by atoms with Crippen molar-refractivity contribution in [2.24, 2.45) is 10.6 Å². The Kier molecular flexibility index (Phi) is 7.51. The Bertz CT molecular complexity index is 1080. The number of oxime groups is 1. The lowest BCUT2D eigenvalue weighted by atomic mass is 9.98. The first kappa shape index (κ1) is 25.5. The highest BCUT2D eigenvalue weighted by Gasteiger charge is 2.54. The van der Waals surface area contributed by atoms with Crippen LogP contribution in [0.3, 0.4) is 0 Å². The van der Waals surface area contributed by atoms with Crippen molar-refractivity contribution in [1.29, 1.82) is 0 Å². The van der Waals surface area contributed by atoms with Crippen LogP contribution in [0.4, 0.5) is 5.13 Å². The molecule has 0 unspecified atom stereocenters. The number of nitrogens with zero attached hydrogens (tertiary/aromatic N) is 3. The molecule has 0 spiro atoms. The molecular weight excluding hydrogens is 486 g/mol. The van der Waals surface area contributed by atoms with Gasteiger partial charge in [0.15, 0.2) is 10.8 Å². The molecule has 0 bridgehead atoms. The molecule has 0 saturated carbocycles. The zero-order chi connectivity index (χ0) is 25.2. The summed E-state index contributed by atoms with van der Waals surface area (Å²) in [6.45, 7) is 6.15. The Morgan fingerprint density at radius 3 is 2.62 bits per heavy atom. The average Bonchev–Trinajstić information content (AvgIpc) is 3.20. The second kappa shape index (κ2) is 10.0. The molecule has 1 aromatic heterocycles. The molecule has 2 atom stereocenters. The van der Waals surface area contributed by atoms with Crippen molar-refractivity contribution in [3.05, 3.63) is 22.3 Å². The molecule has 0 radical (unpaired) electrons. The van der Waals surface area contributed by atoms with Crippen molar-refractivity contribution in [2.75, 3.05) is 25.4 Å². The van der Waals surface area contributed by atoms with Gasteiger partial charge in [-0.1, -0.05) is 5.16 Å². The van der Waals surface area contributed by atoms with E-state index in [2.05, 4.69) is 15.5 Å². The minimum absolute atomic E-state index is 0.0733. The first-order valence-corrected chi connectivity index (χ1v) is 12.0. The van der Waals surface area contributed by atoms with Gasteiger partial charge in [0.2, 0.25) is 6.79 Å². The number of ether oxygens (including phenoxy) is 2. The van der Waals surface area contributed by atoms with Gasteiger partial charge in [-0.15, -0.1) is 23.1 Å². The summed E-state index contributed by atoms with van der Waals surface area (Å²) in [6.07, 6.45) is 0. The van der Waals surface area contributed by atoms with Crippen LogP contribution >= 0.6 is 23.1 Å². The quantitative estimate of drug-likeness (QED) is 0.176. The molecule has 3 N–H and O–H groups in total. The average molecular weight is 512 g/mol. The largest absolute Gasteiger partial charge is 0.427 e. The van der Waals surface area contributed by atoms with Crippen molar-refractivity contribution in [2.45, 2.75) is 39.1 Å². The van der Waals surface area contributed by atoms with Crippen LogP contribution in [0.25, 0.3) is 0 Å². The highest BCUT2D eigenvalue weighted by molar-refractivity contribution is 8.00. The lowest BCUT2D eigenvalue weighted by Crippen LogP contribution is -2.71. The fourth-order valence-corrected chi connectivity index (χ4v) is 4.93. The number of thioether (sulfide) groups is 1. The standard InChI is InChI=1S/C20H25N5O7S2/c1-9-6-33-16-12(23-14(26)11(24-30-5)10-7-34-19(21)22-10)15(27)25(16)13(9)17(28)31-8-32-18(29)20(2,3)4/h7,12,16H,6,8H2,1-5H3,(H2,21,22)(H,23,26)/b24-11-/t12-,16+/m0/s1. The van der Waals surface area contributed by atoms with Gasteiger partial charge in [0, 0.05) is 11.1 Å². The van der Waals surface area contributed by atoms with Gasteiger partial charge < -0.3 is 25.4 Å². The molecule has 3 rings (SSSR count). The van der Waals surface area contributed by atoms with Crippen LogP contribution in [-0.4, -0.2) is 70.4 Å². The molecular formula is C20H25N5O7S2. The third-order valence-corrected chi connectivity index (χ3v) is 6.89. The predicted molar refractivity (Wildman–Crippen MR) is 124 cm³/mol. The molecule has 1 aromatic rings. The number of carbonyl (C=O) groups is 4. The van der Waals surface area contributed by atoms with Gasteiger partial charge in [-0.3, -0.25) is 19.3 Å². The van der Waals surface area contributed by atoms with E-state index in [9.17, 15) is 19.2 Å². The number of anilines is 1. The Morgan fingerprint density at radius 1 is 1.32 bits per heavy atom. The van der Waals surface area contributed by atoms with Crippen LogP contribution in [0.15, 0.2) is 21.8 Å². The zero-order valence-electron chi connectivity index (χ0n) is 19.2. The van der Waals surface area contributed by atoms with Crippen LogP contribution < -0.4 is 11.1 Å². The first-order valence-electron chi connectivity index (χ1n) is 10.1. The van der Waals surface area contributed by atoms with E-state index >= 15 is 0 Å². The van der Waals surface area contributed by atoms with E-state index in [0.717, 1.165) is 11.3 Å². The molecule has 34 heavy (non-hydrogen) atoms. The maximum atomic E-state index is 12.9. The molecule has 0 aromatic carbocycles. The van der Waals surface area contributed by atoms with Gasteiger partial charge in [0.25, 0.3) is 11.8 Å². The number of fused-ring (bicyclic) bond motifs is 1. The zero-order valence-corrected chi connectivity index (χ0v) is 20.9. The van der Waals surface area contributed by atoms with E-state index in [1.807, 2.05) is 0 Å². The molecule has 2 amide bonds. The normalized spacial score (nSPS) is 20.3. The minimum Gasteiger partial charge on any atom is -0.427 e. The number of β-lactam (4-membered cyclic amide) rings is 1. The molecule has 14 heteroatoms. The molecule has 2 aliphatic rings. The number of aromatic nitrogens is 1. The van der Waals surface area contributed by atoms with Gasteiger partial charge in [0.05, 0.1) is 5.41 Å². The van der Waals surface area contributed by atoms with Crippen molar-refractivity contribution < 1.29 is 33.5 Å². The second-order valence-electron chi connectivity index (χ2n) is 8.41. The summed E-state index contributed by atoms with van der Waals surface area (Å²) in [6, 6.07) is -0.898. The summed E-state index contributed by atoms with van der Waals surface area (Å²) in [5, 5.41) is 7.60. The number of esters is 2. The summed E-state index contributed by atoms with van der Waals surface area (Å²) in [5.41, 5.74) is 5.67. The molecule has 184 valence electrons. The number of hydrogen-bond donors (Lipinski definition) is 2. The Hall–Kier alpha value is -3.13. The van der Waals surface area contributed by atoms with Crippen molar-refractivity contribution in [3.63, 3.8) is 0 Å². The maximum absolute atomic E-state index is 12.9. The summed E-state index contributed by atoms with van der Waals surface area (Å²) in [5.74, 6) is -2.04. The summed E-state index contributed by atoms with van der Waals surface area (Å²) < 4.78 is 10.0. The lowest BCUT2D eigenvalue weighted by molar-refractivity contribution is -0.173. The van der Waals surface area contributed by atoms with Gasteiger partial charge in [-0.2, -0.15) is 0 Å². The number of nitrogens with two attached hydrogens (primary N) is 1. The van der Waals surface area contributed by atoms with E-state index in [1.165, 1.54) is 23.8 Å². The fourth-order valence-electron chi connectivity index (χ4n) is 3.09. The Labute approximate surface area is 203 Å². The third kappa shape index (κ3) is 5.17. The molecule has 2 aliphatic heterocycles. The Balaban J connectivity index is 1.66. The van der Waals surface area contributed by atoms with Crippen LogP contribution in [0, 0.1) is 5.41 Å². The number of hydrogen-bond acceptors (Lipinski definition) is 12. The SMILES string of the molecule is CO/N=C(\C(=O)N[C@H]1C(=O)N2C(C(=O)OCOC(=O)C(C)(C)C)=C(C)CS[C@H]12)c1csc(N)n1. The summed E-state index contributed by atoms with van der Waals surface area (Å²) in [4.78, 5) is 60.3. The van der Waals surface area contributed by atoms with E-state index in [1.54, 1.807) is 33.1 Å².